The molecule has 1 unspecified atom stereocenters. The first-order chi connectivity index (χ1) is 20.8. The number of aliphatic hydroxyl groups excluding tert-OH is 1. The molecule has 1 aliphatic carbocycles. The van der Waals surface area contributed by atoms with Gasteiger partial charge >= 0.3 is 0 Å². The minimum atomic E-state index is -4.55. The fraction of sp³-hybridized carbons (Fsp3) is 0.393. The van der Waals surface area contributed by atoms with E-state index in [0.717, 1.165) is 12.3 Å². The van der Waals surface area contributed by atoms with Gasteiger partial charge in [-0.25, -0.2) is 16.8 Å². The van der Waals surface area contributed by atoms with Crippen LogP contribution in [0.3, 0.4) is 0 Å². The van der Waals surface area contributed by atoms with Crippen molar-refractivity contribution < 1.29 is 39.9 Å². The molecule has 0 fully saturated rings. The number of anilines is 2. The summed E-state index contributed by atoms with van der Waals surface area (Å²) < 4.78 is 85.6. The van der Waals surface area contributed by atoms with Crippen molar-refractivity contribution in [3.05, 3.63) is 59.2 Å². The number of amidine groups is 1. The van der Waals surface area contributed by atoms with E-state index in [1.54, 1.807) is 12.1 Å². The number of hydrogen-bond acceptors (Lipinski definition) is 10. The number of benzene rings is 2. The van der Waals surface area contributed by atoms with Gasteiger partial charge in [0, 0.05) is 31.8 Å². The molecule has 0 saturated heterocycles. The molecule has 1 atom stereocenters. The molecule has 4 N–H and O–H groups in total. The number of rotatable bonds is 11. The molecule has 0 aromatic heterocycles. The zero-order valence-corrected chi connectivity index (χ0v) is 27.7. The number of ketones is 1. The number of amides is 1. The molecule has 14 nitrogen and oxygen atoms in total. The van der Waals surface area contributed by atoms with Gasteiger partial charge in [-0.15, -0.1) is 4.40 Å². The molecule has 17 heteroatoms. The summed E-state index contributed by atoms with van der Waals surface area (Å²) in [6, 6.07) is 9.79. The van der Waals surface area contributed by atoms with Gasteiger partial charge in [0.2, 0.25) is 26.0 Å². The fourth-order valence-electron chi connectivity index (χ4n) is 5.04. The Hall–Kier alpha value is -3.80. The molecule has 1 heterocycles. The van der Waals surface area contributed by atoms with Gasteiger partial charge in [-0.2, -0.15) is 13.1 Å². The highest BCUT2D eigenvalue weighted by molar-refractivity contribution is 7.92. The minimum absolute atomic E-state index is 0.0188. The smallest absolute Gasteiger partial charge is 0.286 e. The lowest BCUT2D eigenvalue weighted by atomic mass is 9.72. The third-order valence-electron chi connectivity index (χ3n) is 7.42. The second kappa shape index (κ2) is 12.2. The first-order valence-corrected chi connectivity index (χ1v) is 18.8. The van der Waals surface area contributed by atoms with E-state index >= 15 is 0 Å². The van der Waals surface area contributed by atoms with Crippen LogP contribution in [0.15, 0.2) is 57.3 Å². The van der Waals surface area contributed by atoms with Crippen LogP contribution in [0.2, 0.25) is 0 Å². The Labute approximate surface area is 262 Å². The fourth-order valence-corrected chi connectivity index (χ4v) is 8.20. The van der Waals surface area contributed by atoms with Gasteiger partial charge < -0.3 is 15.3 Å². The summed E-state index contributed by atoms with van der Waals surface area (Å²) in [6.45, 7) is 4.91. The molecule has 2 aromatic carbocycles. The monoisotopic (exact) mass is 681 g/mol. The molecule has 1 aliphatic heterocycles. The first kappa shape index (κ1) is 34.1. The summed E-state index contributed by atoms with van der Waals surface area (Å²) in [4.78, 5) is 27.1. The number of carbonyl (C=O) groups is 2. The topological polar surface area (TPSA) is 208 Å². The zero-order valence-electron chi connectivity index (χ0n) is 25.3. The van der Waals surface area contributed by atoms with Crippen LogP contribution in [0.1, 0.15) is 44.7 Å². The Balaban J connectivity index is 1.87. The summed E-state index contributed by atoms with van der Waals surface area (Å²) >= 11 is 0. The average Bonchev–Trinajstić information content (AvgIpc) is 2.92. The van der Waals surface area contributed by atoms with Crippen molar-refractivity contribution in [1.29, 1.82) is 0 Å². The maximum absolute atomic E-state index is 14.6. The third-order valence-corrected chi connectivity index (χ3v) is 10.7. The van der Waals surface area contributed by atoms with Crippen LogP contribution >= 0.6 is 0 Å². The van der Waals surface area contributed by atoms with Crippen molar-refractivity contribution >= 4 is 64.7 Å². The number of nitrogens with one attached hydrogen (secondary N) is 3. The lowest BCUT2D eigenvalue weighted by molar-refractivity contribution is -0.127. The average molecular weight is 682 g/mol. The van der Waals surface area contributed by atoms with Crippen molar-refractivity contribution in [1.82, 2.24) is 9.62 Å². The van der Waals surface area contributed by atoms with E-state index in [-0.39, 0.29) is 52.2 Å². The number of sulfonamides is 3. The Morgan fingerprint density at radius 3 is 2.42 bits per heavy atom. The van der Waals surface area contributed by atoms with E-state index in [4.69, 9.17) is 0 Å². The molecule has 2 aromatic rings. The van der Waals surface area contributed by atoms with E-state index < -0.39 is 64.3 Å². The van der Waals surface area contributed by atoms with Gasteiger partial charge in [0.1, 0.15) is 21.8 Å². The van der Waals surface area contributed by atoms with Crippen molar-refractivity contribution in [2.75, 3.05) is 35.6 Å². The number of carbonyl (C=O) groups excluding carboxylic acids is 2. The van der Waals surface area contributed by atoms with Crippen molar-refractivity contribution in [3.8, 4) is 0 Å². The molecule has 2 aliphatic rings. The van der Waals surface area contributed by atoms with E-state index in [0.29, 0.717) is 6.42 Å². The standard InChI is InChI=1S/C28H35N5O9S3/c1-17(2)12-13-28(32-44(39,40)15-14-33(4)18(3)34)21-9-7-6-8-20(21)25(35)24(26(28)36)27-29-22-11-10-19(30-43(5,37)38)16-23(22)45(41,42)31-27/h6-11,16-17,30,32,35H,12-15H2,1-5H3,(H,29,31). The van der Waals surface area contributed by atoms with Gasteiger partial charge in [0.25, 0.3) is 10.0 Å². The van der Waals surface area contributed by atoms with Crippen LogP contribution in [-0.2, 0) is 45.2 Å². The highest BCUT2D eigenvalue weighted by Gasteiger charge is 2.51. The molecule has 0 saturated carbocycles. The van der Waals surface area contributed by atoms with Crippen LogP contribution in [0.5, 0.6) is 0 Å². The van der Waals surface area contributed by atoms with Crippen LogP contribution < -0.4 is 14.8 Å². The Morgan fingerprint density at radius 2 is 1.80 bits per heavy atom. The highest BCUT2D eigenvalue weighted by Crippen LogP contribution is 2.43. The predicted molar refractivity (Wildman–Crippen MR) is 170 cm³/mol. The van der Waals surface area contributed by atoms with Gasteiger partial charge in [-0.1, -0.05) is 38.1 Å². The lowest BCUT2D eigenvalue weighted by Crippen LogP contribution is -2.56. The molecule has 0 bridgehead atoms. The van der Waals surface area contributed by atoms with Crippen molar-refractivity contribution in [2.24, 2.45) is 10.3 Å². The predicted octanol–water partition coefficient (Wildman–Crippen LogP) is 2.15. The lowest BCUT2D eigenvalue weighted by Gasteiger charge is -2.39. The maximum Gasteiger partial charge on any atom is 0.286 e. The molecule has 1 amide bonds. The largest absolute Gasteiger partial charge is 0.506 e. The second-order valence-corrected chi connectivity index (χ2v) is 16.6. The molecule has 244 valence electrons. The third kappa shape index (κ3) is 7.21. The van der Waals surface area contributed by atoms with Gasteiger partial charge in [-0.05, 0) is 42.5 Å². The summed E-state index contributed by atoms with van der Waals surface area (Å²) in [7, 11) is -11.1. The van der Waals surface area contributed by atoms with Crippen LogP contribution in [0.4, 0.5) is 11.4 Å². The molecular weight excluding hydrogens is 647 g/mol. The summed E-state index contributed by atoms with van der Waals surface area (Å²) in [5, 5.41) is 14.2. The number of aliphatic hydroxyl groups is 1. The Bertz CT molecular complexity index is 1950. The summed E-state index contributed by atoms with van der Waals surface area (Å²) in [6.07, 6.45) is 1.22. The number of Topliss-reactive ketones (excluding diaryl/α,β-unsaturated/α-hetero) is 1. The minimum Gasteiger partial charge on any atom is -0.506 e. The molecule has 45 heavy (non-hydrogen) atoms. The maximum atomic E-state index is 14.6. The molecule has 0 spiro atoms. The quantitative estimate of drug-likeness (QED) is 0.272. The van der Waals surface area contributed by atoms with Crippen molar-refractivity contribution in [2.45, 2.75) is 44.0 Å². The second-order valence-electron chi connectivity index (χ2n) is 11.4. The van der Waals surface area contributed by atoms with Gasteiger partial charge in [0.15, 0.2) is 11.6 Å². The van der Waals surface area contributed by atoms with E-state index in [9.17, 15) is 39.9 Å². The van der Waals surface area contributed by atoms with Crippen LogP contribution in [0, 0.1) is 5.92 Å². The molecular formula is C28H35N5O9S3. The highest BCUT2D eigenvalue weighted by atomic mass is 32.2. The Kier molecular flexibility index (Phi) is 9.23. The van der Waals surface area contributed by atoms with E-state index in [1.807, 2.05) is 13.8 Å². The summed E-state index contributed by atoms with van der Waals surface area (Å²) in [5.74, 6) is -2.93. The van der Waals surface area contributed by atoms with Crippen molar-refractivity contribution in [3.63, 3.8) is 0 Å². The number of hydrogen-bond donors (Lipinski definition) is 4. The van der Waals surface area contributed by atoms with Gasteiger partial charge in [-0.3, -0.25) is 14.3 Å². The van der Waals surface area contributed by atoms with Crippen LogP contribution in [0.25, 0.3) is 5.76 Å². The molecule has 4 rings (SSSR count). The first-order valence-electron chi connectivity index (χ1n) is 13.8. The van der Waals surface area contributed by atoms with E-state index in [1.165, 1.54) is 43.1 Å². The van der Waals surface area contributed by atoms with E-state index in [2.05, 4.69) is 19.2 Å². The number of fused-ring (bicyclic) bond motifs is 2. The Morgan fingerprint density at radius 1 is 1.13 bits per heavy atom. The SMILES string of the molecule is CC(=O)N(C)CCS(=O)(=O)NC1(CCC(C)C)C(=O)C(C2=NS(=O)(=O)c3cc(NS(C)(=O)=O)ccc3N2)=C(O)c2ccccc21. The van der Waals surface area contributed by atoms with Gasteiger partial charge in [0.05, 0.1) is 17.7 Å². The number of nitrogens with zero attached hydrogens (tertiary/aromatic N) is 2. The summed E-state index contributed by atoms with van der Waals surface area (Å²) in [5.41, 5.74) is -2.33. The normalized spacial score (nSPS) is 19.3. The zero-order chi connectivity index (χ0) is 33.5. The van der Waals surface area contributed by atoms with Crippen LogP contribution in [-0.4, -0.2) is 78.4 Å². The molecule has 0 radical (unpaired) electrons.